The largest absolute Gasteiger partial charge is 0.399 e. The van der Waals surface area contributed by atoms with Gasteiger partial charge in [0, 0.05) is 16.9 Å². The lowest BCUT2D eigenvalue weighted by molar-refractivity contribution is 0.102. The minimum Gasteiger partial charge on any atom is -0.399 e. The predicted molar refractivity (Wildman–Crippen MR) is 79.4 cm³/mol. The molecule has 0 aliphatic heterocycles. The Kier molecular flexibility index (Phi) is 3.85. The van der Waals surface area contributed by atoms with Crippen molar-refractivity contribution in [2.24, 2.45) is 0 Å². The van der Waals surface area contributed by atoms with E-state index in [1.54, 1.807) is 18.2 Å². The number of amides is 1. The van der Waals surface area contributed by atoms with Crippen molar-refractivity contribution in [1.82, 2.24) is 0 Å². The fraction of sp³-hybridized carbons (Fsp3) is 0.188. The maximum absolute atomic E-state index is 12.1. The molecule has 0 saturated carbocycles. The molecule has 3 N–H and O–H groups in total. The Morgan fingerprint density at radius 1 is 1.21 bits per heavy atom. The smallest absolute Gasteiger partial charge is 0.255 e. The van der Waals surface area contributed by atoms with Gasteiger partial charge in [0.15, 0.2) is 0 Å². The highest BCUT2D eigenvalue weighted by Crippen LogP contribution is 2.16. The first kappa shape index (κ1) is 13.1. The molecule has 0 atom stereocenters. The highest BCUT2D eigenvalue weighted by molar-refractivity contribution is 6.04. The second kappa shape index (κ2) is 5.57. The fourth-order valence-electron chi connectivity index (χ4n) is 1.89. The van der Waals surface area contributed by atoms with E-state index in [1.807, 2.05) is 31.2 Å². The topological polar surface area (TPSA) is 55.1 Å². The molecule has 3 heteroatoms. The van der Waals surface area contributed by atoms with Crippen LogP contribution in [-0.2, 0) is 6.42 Å². The molecule has 0 saturated heterocycles. The predicted octanol–water partition coefficient (Wildman–Crippen LogP) is 3.39. The number of anilines is 2. The molecule has 0 heterocycles. The third kappa shape index (κ3) is 3.13. The molecule has 0 spiro atoms. The molecule has 0 aliphatic rings. The quantitative estimate of drug-likeness (QED) is 0.825. The van der Waals surface area contributed by atoms with Crippen LogP contribution in [0.4, 0.5) is 11.4 Å². The summed E-state index contributed by atoms with van der Waals surface area (Å²) in [6, 6.07) is 13.2. The van der Waals surface area contributed by atoms with E-state index in [0.29, 0.717) is 11.3 Å². The normalized spacial score (nSPS) is 10.2. The zero-order valence-electron chi connectivity index (χ0n) is 11.2. The number of carbonyl (C=O) groups is 1. The Hall–Kier alpha value is -2.29. The van der Waals surface area contributed by atoms with E-state index in [4.69, 9.17) is 5.73 Å². The molecule has 0 aliphatic carbocycles. The van der Waals surface area contributed by atoms with Gasteiger partial charge in [-0.25, -0.2) is 0 Å². The van der Waals surface area contributed by atoms with Crippen molar-refractivity contribution < 1.29 is 4.79 Å². The van der Waals surface area contributed by atoms with Gasteiger partial charge in [-0.1, -0.05) is 19.1 Å². The first-order valence-electron chi connectivity index (χ1n) is 6.36. The number of benzene rings is 2. The summed E-state index contributed by atoms with van der Waals surface area (Å²) in [7, 11) is 0. The molecule has 98 valence electrons. The molecule has 2 aromatic rings. The summed E-state index contributed by atoms with van der Waals surface area (Å²) in [4.78, 5) is 12.1. The lowest BCUT2D eigenvalue weighted by Gasteiger charge is -2.08. The Morgan fingerprint density at radius 3 is 2.68 bits per heavy atom. The monoisotopic (exact) mass is 254 g/mol. The fourth-order valence-corrected chi connectivity index (χ4v) is 1.89. The summed E-state index contributed by atoms with van der Waals surface area (Å²) in [5.74, 6) is -0.114. The van der Waals surface area contributed by atoms with Gasteiger partial charge in [-0.3, -0.25) is 4.79 Å². The average molecular weight is 254 g/mol. The zero-order valence-corrected chi connectivity index (χ0v) is 11.2. The molecule has 19 heavy (non-hydrogen) atoms. The number of carbonyl (C=O) groups excluding carboxylic acids is 1. The van der Waals surface area contributed by atoms with Crippen LogP contribution in [0, 0.1) is 6.92 Å². The van der Waals surface area contributed by atoms with Crippen LogP contribution in [0.3, 0.4) is 0 Å². The van der Waals surface area contributed by atoms with Crippen LogP contribution in [0.5, 0.6) is 0 Å². The van der Waals surface area contributed by atoms with E-state index in [0.717, 1.165) is 17.7 Å². The lowest BCUT2D eigenvalue weighted by atomic mass is 10.1. The SMILES string of the molecule is CCc1cccc(NC(=O)c2ccc(N)c(C)c2)c1. The van der Waals surface area contributed by atoms with Crippen LogP contribution in [0.1, 0.15) is 28.4 Å². The summed E-state index contributed by atoms with van der Waals surface area (Å²) < 4.78 is 0. The molecular weight excluding hydrogens is 236 g/mol. The molecule has 0 unspecified atom stereocenters. The second-order valence-corrected chi connectivity index (χ2v) is 4.58. The second-order valence-electron chi connectivity index (χ2n) is 4.58. The minimum absolute atomic E-state index is 0.114. The Morgan fingerprint density at radius 2 is 2.00 bits per heavy atom. The number of nitrogens with two attached hydrogens (primary N) is 1. The standard InChI is InChI=1S/C16H18N2O/c1-3-12-5-4-6-14(10-12)18-16(19)13-7-8-15(17)11(2)9-13/h4-10H,3,17H2,1-2H3,(H,18,19). The molecule has 0 fully saturated rings. The Balaban J connectivity index is 2.18. The van der Waals surface area contributed by atoms with E-state index in [9.17, 15) is 4.79 Å². The molecule has 3 nitrogen and oxygen atoms in total. The number of rotatable bonds is 3. The minimum atomic E-state index is -0.114. The van der Waals surface area contributed by atoms with Gasteiger partial charge >= 0.3 is 0 Å². The van der Waals surface area contributed by atoms with E-state index in [-0.39, 0.29) is 5.91 Å². The van der Waals surface area contributed by atoms with Gasteiger partial charge in [0.05, 0.1) is 0 Å². The van der Waals surface area contributed by atoms with E-state index in [2.05, 4.69) is 12.2 Å². The summed E-state index contributed by atoms with van der Waals surface area (Å²) in [6.07, 6.45) is 0.949. The number of hydrogen-bond donors (Lipinski definition) is 2. The zero-order chi connectivity index (χ0) is 13.8. The van der Waals surface area contributed by atoms with Gasteiger partial charge in [-0.15, -0.1) is 0 Å². The molecule has 1 amide bonds. The maximum atomic E-state index is 12.1. The molecule has 0 bridgehead atoms. The molecule has 2 aromatic carbocycles. The molecule has 2 rings (SSSR count). The van der Waals surface area contributed by atoms with Gasteiger partial charge in [0.1, 0.15) is 0 Å². The van der Waals surface area contributed by atoms with Crippen molar-refractivity contribution in [2.75, 3.05) is 11.1 Å². The first-order chi connectivity index (χ1) is 9.10. The number of hydrogen-bond acceptors (Lipinski definition) is 2. The van der Waals surface area contributed by atoms with Crippen molar-refractivity contribution in [3.05, 3.63) is 59.2 Å². The van der Waals surface area contributed by atoms with Crippen LogP contribution in [0.15, 0.2) is 42.5 Å². The number of aryl methyl sites for hydroxylation is 2. The summed E-state index contributed by atoms with van der Waals surface area (Å²) in [5.41, 5.74) is 10.00. The summed E-state index contributed by atoms with van der Waals surface area (Å²) in [6.45, 7) is 3.98. The summed E-state index contributed by atoms with van der Waals surface area (Å²) in [5, 5.41) is 2.90. The van der Waals surface area contributed by atoms with Gasteiger partial charge in [-0.05, 0) is 54.8 Å². The van der Waals surface area contributed by atoms with E-state index >= 15 is 0 Å². The van der Waals surface area contributed by atoms with Gasteiger partial charge in [0.25, 0.3) is 5.91 Å². The summed E-state index contributed by atoms with van der Waals surface area (Å²) >= 11 is 0. The molecule has 0 aromatic heterocycles. The number of nitrogen functional groups attached to an aromatic ring is 1. The van der Waals surface area contributed by atoms with Crippen molar-refractivity contribution in [3.8, 4) is 0 Å². The average Bonchev–Trinajstić information content (AvgIpc) is 2.42. The van der Waals surface area contributed by atoms with Crippen LogP contribution in [-0.4, -0.2) is 5.91 Å². The van der Waals surface area contributed by atoms with Gasteiger partial charge in [-0.2, -0.15) is 0 Å². The Bertz CT molecular complexity index is 605. The van der Waals surface area contributed by atoms with E-state index < -0.39 is 0 Å². The van der Waals surface area contributed by atoms with E-state index in [1.165, 1.54) is 5.56 Å². The van der Waals surface area contributed by atoms with Crippen LogP contribution in [0.25, 0.3) is 0 Å². The third-order valence-corrected chi connectivity index (χ3v) is 3.13. The third-order valence-electron chi connectivity index (χ3n) is 3.13. The maximum Gasteiger partial charge on any atom is 0.255 e. The van der Waals surface area contributed by atoms with Crippen LogP contribution < -0.4 is 11.1 Å². The van der Waals surface area contributed by atoms with Crippen molar-refractivity contribution in [3.63, 3.8) is 0 Å². The lowest BCUT2D eigenvalue weighted by Crippen LogP contribution is -2.12. The number of nitrogens with one attached hydrogen (secondary N) is 1. The molecular formula is C16H18N2O. The Labute approximate surface area is 113 Å². The molecule has 0 radical (unpaired) electrons. The van der Waals surface area contributed by atoms with Crippen molar-refractivity contribution in [1.29, 1.82) is 0 Å². The van der Waals surface area contributed by atoms with Crippen molar-refractivity contribution >= 4 is 17.3 Å². The van der Waals surface area contributed by atoms with Crippen LogP contribution >= 0.6 is 0 Å². The van der Waals surface area contributed by atoms with Crippen molar-refractivity contribution in [2.45, 2.75) is 20.3 Å². The highest BCUT2D eigenvalue weighted by atomic mass is 16.1. The highest BCUT2D eigenvalue weighted by Gasteiger charge is 2.07. The van der Waals surface area contributed by atoms with Gasteiger partial charge < -0.3 is 11.1 Å². The van der Waals surface area contributed by atoms with Crippen LogP contribution in [0.2, 0.25) is 0 Å². The first-order valence-corrected chi connectivity index (χ1v) is 6.36. The van der Waals surface area contributed by atoms with Gasteiger partial charge in [0.2, 0.25) is 0 Å².